The first-order chi connectivity index (χ1) is 63.5. The number of rotatable bonds is 6. The number of nitrogen functional groups attached to an aromatic ring is 6. The maximum absolute atomic E-state index is 16.0. The van der Waals surface area contributed by atoms with Crippen molar-refractivity contribution in [2.75, 3.05) is 74.0 Å². The van der Waals surface area contributed by atoms with Crippen LogP contribution in [0.25, 0.3) is 67.0 Å². The molecule has 21 heterocycles. The van der Waals surface area contributed by atoms with Crippen molar-refractivity contribution >= 4 is 214 Å². The van der Waals surface area contributed by atoms with Crippen LogP contribution < -0.4 is 51.1 Å². The molecule has 9 fully saturated rings. The first-order valence-electron chi connectivity index (χ1n) is 39.1. The van der Waals surface area contributed by atoms with Gasteiger partial charge in [0.05, 0.1) is 101 Å². The molecule has 23 N–H and O–H groups in total. The van der Waals surface area contributed by atoms with Crippen LogP contribution in [0.2, 0.25) is 0 Å². The number of aliphatic hydroxyl groups is 3. The number of nitrogens with one attached hydrogen (secondary N) is 3. The van der Waals surface area contributed by atoms with Crippen LogP contribution in [0.1, 0.15) is 43.8 Å². The molecule has 134 heavy (non-hydrogen) atoms. The van der Waals surface area contributed by atoms with Gasteiger partial charge in [-0.15, -0.1) is 0 Å². The molecule has 0 aliphatic carbocycles. The molecule has 29 atom stereocenters. The smallest absolute Gasteiger partial charge is 0.386 e. The van der Waals surface area contributed by atoms with Crippen LogP contribution in [-0.2, 0) is 146 Å². The number of imidazole rings is 6. The van der Waals surface area contributed by atoms with E-state index in [0.29, 0.717) is 39.3 Å². The van der Waals surface area contributed by atoms with Gasteiger partial charge < -0.3 is 130 Å². The van der Waals surface area contributed by atoms with Crippen LogP contribution in [0.15, 0.2) is 89.1 Å². The molecule has 9 saturated heterocycles. The molecule has 21 rings (SSSR count). The van der Waals surface area contributed by atoms with Crippen molar-refractivity contribution in [2.45, 2.75) is 148 Å². The quantitative estimate of drug-likeness (QED) is 0.0722. The average Bonchev–Trinajstić information content (AvgIpc) is 1.61. The van der Waals surface area contributed by atoms with Crippen molar-refractivity contribution in [2.24, 2.45) is 0 Å². The first kappa shape index (κ1) is 95.3. The minimum absolute atomic E-state index is 0.00399. The Labute approximate surface area is 774 Å². The van der Waals surface area contributed by atoms with Gasteiger partial charge in [-0.25, -0.2) is 58.2 Å². The number of nitrogens with two attached hydrogens (primary N) is 6. The van der Waals surface area contributed by atoms with E-state index in [1.54, 1.807) is 6.07 Å². The summed E-state index contributed by atoms with van der Waals surface area (Å²) in [5.74, 6) is -0.598. The number of aromatic nitrogens is 21. The van der Waals surface area contributed by atoms with Gasteiger partial charge in [-0.3, -0.25) is 83.9 Å². The van der Waals surface area contributed by atoms with Crippen molar-refractivity contribution in [3.63, 3.8) is 0 Å². The molecule has 9 aliphatic rings. The Morgan fingerprint density at radius 3 is 1.07 bits per heavy atom. The van der Waals surface area contributed by atoms with E-state index in [9.17, 15) is 58.7 Å². The number of thiol groups is 1. The second kappa shape index (κ2) is 36.5. The van der Waals surface area contributed by atoms with Gasteiger partial charge in [0, 0.05) is 25.0 Å². The molecule has 6 bridgehead atoms. The Bertz CT molecular complexity index is 6830. The third-order valence-corrected chi connectivity index (χ3v) is 31.5. The average molecular weight is 2100 g/mol. The summed E-state index contributed by atoms with van der Waals surface area (Å²) < 4.78 is 157. The van der Waals surface area contributed by atoms with Gasteiger partial charge in [0.1, 0.15) is 102 Å². The van der Waals surface area contributed by atoms with Crippen LogP contribution in [0.3, 0.4) is 0 Å². The fraction of sp³-hybridized carbons (Fsp3) is 0.476. The predicted octanol–water partition coefficient (Wildman–Crippen LogP) is -0.706. The largest absolute Gasteiger partial charge is 0.397 e. The Hall–Kier alpha value is -7.64. The number of H-pyrrole nitrogens is 3. The lowest BCUT2D eigenvalue weighted by molar-refractivity contribution is -0.0603. The summed E-state index contributed by atoms with van der Waals surface area (Å²) in [6.45, 7) is -28.3. The number of hydrogen-bond acceptors (Lipinski definition) is 48. The van der Waals surface area contributed by atoms with Crippen molar-refractivity contribution in [1.82, 2.24) is 102 Å². The molecule has 57 nitrogen and oxygen atoms in total. The van der Waals surface area contributed by atoms with Crippen molar-refractivity contribution in [3.8, 4) is 0 Å². The van der Waals surface area contributed by atoms with Crippen molar-refractivity contribution in [3.05, 3.63) is 106 Å². The molecule has 720 valence electrons. The lowest BCUT2D eigenvalue weighted by Gasteiger charge is -2.28. The summed E-state index contributed by atoms with van der Waals surface area (Å²) in [5.41, 5.74) is 35.7. The number of ether oxygens (including phenoxy) is 6. The van der Waals surface area contributed by atoms with Gasteiger partial charge in [-0.2, -0.15) is 15.0 Å². The molecule has 0 amide bonds. The summed E-state index contributed by atoms with van der Waals surface area (Å²) in [4.78, 5) is 149. The van der Waals surface area contributed by atoms with Crippen LogP contribution in [0.4, 0.5) is 43.7 Å². The Balaban J connectivity index is 0.000000129. The van der Waals surface area contributed by atoms with Gasteiger partial charge in [0.15, 0.2) is 100 Å². The second-order valence-electron chi connectivity index (χ2n) is 30.6. The highest BCUT2D eigenvalue weighted by atomic mass is 32.7. The van der Waals surface area contributed by atoms with Crippen LogP contribution >= 0.6 is 52.6 Å². The third-order valence-electron chi connectivity index (χ3n) is 22.1. The Kier molecular flexibility index (Phi) is 26.0. The highest BCUT2D eigenvalue weighted by Gasteiger charge is 2.58. The van der Waals surface area contributed by atoms with Gasteiger partial charge in [-0.05, 0) is 77.2 Å². The normalized spacial score (nSPS) is 37.3. The zero-order valence-electron chi connectivity index (χ0n) is 67.2. The van der Waals surface area contributed by atoms with Crippen molar-refractivity contribution in [1.29, 1.82) is 0 Å². The predicted molar refractivity (Wildman–Crippen MR) is 473 cm³/mol. The summed E-state index contributed by atoms with van der Waals surface area (Å²) >= 11 is 30.2. The molecule has 0 saturated carbocycles. The van der Waals surface area contributed by atoms with E-state index in [0.717, 1.165) is 0 Å². The highest BCUT2D eigenvalue weighted by Crippen LogP contribution is 2.61. The number of aliphatic hydroxyl groups excluding tert-OH is 3. The Morgan fingerprint density at radius 1 is 0.358 bits per heavy atom. The van der Waals surface area contributed by atoms with Crippen LogP contribution in [0, 0.1) is 0 Å². The lowest BCUT2D eigenvalue weighted by atomic mass is 10.1. The van der Waals surface area contributed by atoms with E-state index in [1.165, 1.54) is 96.1 Å². The molecule has 0 radical (unpaired) electrons. The van der Waals surface area contributed by atoms with E-state index >= 15 is 8.78 Å². The number of fused-ring (bicyclic) bond motifs is 15. The molecule has 9 aliphatic heterocycles. The number of pyridine rings is 3. The fourth-order valence-electron chi connectivity index (χ4n) is 16.1. The summed E-state index contributed by atoms with van der Waals surface area (Å²) in [5, 5.41) is 33.6. The number of hydrogen-bond donors (Lipinski definition) is 18. The van der Waals surface area contributed by atoms with E-state index in [1.807, 2.05) is 0 Å². The van der Waals surface area contributed by atoms with E-state index < -0.39 is 231 Å². The standard InChI is InChI=1S/2C21H24FN9O10P2S2.C21H25N9O10P2S2/c2*22-10-14-9(39-19(10)30-5-26-11-7(23)1-2-25-16(11)30)4-37-43(35,45)41-15-13(32)8(3-36-42(34,44)40-14)38-20(15)31-6-27-12-17(31)28-21(24)29-18(12)33;22-9-1-2-24-16-12(9)25-6-29(16)20-14(31)15-11(38-20)5-36-41(33,43)39-10-3-8(4-35-42(34,44)40-15)37-19(10)30-7-26-13-17(30)27-21(23)28-18(13)32/h2*1-2,5-6,8-10,13-15,19-20,32H,3-4H2,(H2,23,25)(H,34,44)(H,35,45)(H3,24,28,29,33);1-2,6-8,10-11,14-15,19-20,31H,3-5H2,(H2,22,24)(H,33,43)(H,34,44)(H3,23,27,28,32)/t2*8-,9-,10?,13+,14+,15?,19-,20-,42?,43?;8-,10?,11+,14?,15-,19+,20+,41?,42?/m110/s1. The molecule has 0 spiro atoms. The van der Waals surface area contributed by atoms with Gasteiger partial charge in [0.2, 0.25) is 17.8 Å². The highest BCUT2D eigenvalue weighted by molar-refractivity contribution is 8.44. The van der Waals surface area contributed by atoms with Gasteiger partial charge >= 0.3 is 40.4 Å². The number of anilines is 6. The number of nitrogens with zero attached hydrogens (tertiary/aromatic N) is 18. The van der Waals surface area contributed by atoms with Crippen LogP contribution in [0.5, 0.6) is 0 Å². The molecular weight excluding hydrogens is 2030 g/mol. The van der Waals surface area contributed by atoms with E-state index in [4.69, 9.17) is 176 Å². The fourth-order valence-corrected chi connectivity index (χ4v) is 24.7. The summed E-state index contributed by atoms with van der Waals surface area (Å²) in [6.07, 6.45) is -19.6. The van der Waals surface area contributed by atoms with Crippen LogP contribution in [-0.4, -0.2) is 285 Å². The molecule has 0 aromatic carbocycles. The molecule has 12 unspecified atom stereocenters. The lowest BCUT2D eigenvalue weighted by Crippen LogP contribution is -2.36. The molecular formula is C63H73F2N27O30P6S6. The van der Waals surface area contributed by atoms with E-state index in [-0.39, 0.29) is 75.7 Å². The second-order valence-corrected chi connectivity index (χ2v) is 47.5. The first-order valence-corrected chi connectivity index (χ1v) is 54.7. The zero-order valence-corrected chi connectivity index (χ0v) is 77.5. The maximum atomic E-state index is 16.0. The van der Waals surface area contributed by atoms with E-state index in [2.05, 4.69) is 87.0 Å². The minimum Gasteiger partial charge on any atom is -0.397 e. The Morgan fingerprint density at radius 2 is 0.664 bits per heavy atom. The number of aromatic amines is 3. The number of halogens is 2. The topological polar surface area (TPSA) is 784 Å². The van der Waals surface area contributed by atoms with Gasteiger partial charge in [-0.1, -0.05) is 12.2 Å². The zero-order chi connectivity index (χ0) is 94.6. The van der Waals surface area contributed by atoms with Gasteiger partial charge in [0.25, 0.3) is 16.7 Å². The molecule has 12 aromatic rings. The third kappa shape index (κ3) is 18.7. The minimum atomic E-state index is -4.39. The molecule has 12 aromatic heterocycles. The number of alkyl halides is 2. The SMILES string of the molecule is Nc1nc2c(ncn2[C@@H]2O[C@@H]3COP(=O)(S)O[C@@H]4C(F)[C@H](n5cnc6c(N)ccnc65)O[C@@H]4COP(O)(=S)OC2[C@H]3O)c(=O)[nH]1.Nc1nc2c(ncn2[C@@H]2O[C@@H]3COP(O)(=S)O[C@@H]4C(F)[C@H](n5cnc6c(N)ccnc65)O[C@@H]4COP(O)(=S)OC2[C@H]3O)c(=O)[nH]1.Nc1nc2c(ncn2[C@@H]2O[C@@H]3COP(O)(=S)O[C@@H]4C(O)[C@H](n5cnc6c(N)ccnc65)O[C@@H]4COP(O)(=S)OC2C3)c(=O)[nH]1. The summed E-state index contributed by atoms with van der Waals surface area (Å²) in [7, 11) is 0. The molecule has 71 heteroatoms. The maximum Gasteiger partial charge on any atom is 0.386 e. The monoisotopic (exact) mass is 2100 g/mol. The summed E-state index contributed by atoms with van der Waals surface area (Å²) in [6, 6.07) is 4.63. The van der Waals surface area contributed by atoms with Crippen molar-refractivity contribution < 1.29 is 136 Å².